The van der Waals surface area contributed by atoms with Crippen LogP contribution in [-0.2, 0) is 9.59 Å². The van der Waals surface area contributed by atoms with E-state index in [4.69, 9.17) is 11.6 Å². The van der Waals surface area contributed by atoms with E-state index < -0.39 is 0 Å². The molecule has 1 aliphatic heterocycles. The van der Waals surface area contributed by atoms with Gasteiger partial charge in [-0.2, -0.15) is 0 Å². The van der Waals surface area contributed by atoms with E-state index in [9.17, 15) is 9.59 Å². The lowest BCUT2D eigenvalue weighted by atomic mass is 10.0. The second-order valence-electron chi connectivity index (χ2n) is 6.55. The molecule has 3 N–H and O–H groups in total. The Labute approximate surface area is 176 Å². The number of amides is 2. The molecule has 0 aliphatic carbocycles. The lowest BCUT2D eigenvalue weighted by molar-refractivity contribution is -0.118. The van der Waals surface area contributed by atoms with Crippen LogP contribution < -0.4 is 16.0 Å². The number of benzene rings is 2. The Bertz CT molecular complexity index is 814. The fraction of sp³-hybridized carbons (Fsp3) is 0.300. The fourth-order valence-electron chi connectivity index (χ4n) is 3.20. The van der Waals surface area contributed by atoms with Crippen molar-refractivity contribution in [2.24, 2.45) is 0 Å². The highest BCUT2D eigenvalue weighted by Crippen LogP contribution is 2.24. The van der Waals surface area contributed by atoms with Gasteiger partial charge in [-0.15, -0.1) is 12.4 Å². The van der Waals surface area contributed by atoms with E-state index in [1.54, 1.807) is 24.3 Å². The second-order valence-corrected chi connectivity index (χ2v) is 6.99. The molecule has 1 heterocycles. The molecule has 1 fully saturated rings. The van der Waals surface area contributed by atoms with Crippen molar-refractivity contribution in [3.63, 3.8) is 0 Å². The third-order valence-corrected chi connectivity index (χ3v) is 4.66. The van der Waals surface area contributed by atoms with Crippen molar-refractivity contribution in [1.29, 1.82) is 0 Å². The lowest BCUT2D eigenvalue weighted by Gasteiger charge is -2.36. The number of anilines is 2. The maximum Gasteiger partial charge on any atom is 0.238 e. The molecule has 0 bridgehead atoms. The van der Waals surface area contributed by atoms with Crippen LogP contribution in [0.2, 0.25) is 5.02 Å². The molecule has 1 saturated heterocycles. The summed E-state index contributed by atoms with van der Waals surface area (Å²) in [5.41, 5.74) is 2.49. The molecule has 1 unspecified atom stereocenters. The predicted molar refractivity (Wildman–Crippen MR) is 115 cm³/mol. The van der Waals surface area contributed by atoms with Crippen LogP contribution in [0.3, 0.4) is 0 Å². The lowest BCUT2D eigenvalue weighted by Crippen LogP contribution is -2.48. The van der Waals surface area contributed by atoms with Crippen molar-refractivity contribution < 1.29 is 9.59 Å². The Kier molecular flexibility index (Phi) is 8.26. The van der Waals surface area contributed by atoms with Crippen molar-refractivity contribution >= 4 is 47.2 Å². The number of hydrogen-bond acceptors (Lipinski definition) is 4. The summed E-state index contributed by atoms with van der Waals surface area (Å²) >= 11 is 6.12. The van der Waals surface area contributed by atoms with E-state index in [0.29, 0.717) is 22.9 Å². The van der Waals surface area contributed by atoms with Crippen LogP contribution >= 0.6 is 24.0 Å². The van der Waals surface area contributed by atoms with Crippen molar-refractivity contribution in [2.75, 3.05) is 36.8 Å². The van der Waals surface area contributed by atoms with Gasteiger partial charge in [0.25, 0.3) is 0 Å². The summed E-state index contributed by atoms with van der Waals surface area (Å²) in [5.74, 6) is -0.200. The normalized spacial score (nSPS) is 16.7. The SMILES string of the molecule is CC(=O)Nc1ccc(NC(=O)CN2CCNCC2c2cccc(Cl)c2)cc1.Cl. The molecule has 3 rings (SSSR count). The van der Waals surface area contributed by atoms with Crippen LogP contribution in [0.25, 0.3) is 0 Å². The molecular weight excluding hydrogens is 399 g/mol. The number of carbonyl (C=O) groups excluding carboxylic acids is 2. The Morgan fingerprint density at radius 1 is 1.14 bits per heavy atom. The zero-order valence-electron chi connectivity index (χ0n) is 15.6. The number of nitrogens with one attached hydrogen (secondary N) is 3. The van der Waals surface area contributed by atoms with E-state index >= 15 is 0 Å². The van der Waals surface area contributed by atoms with Crippen molar-refractivity contribution in [2.45, 2.75) is 13.0 Å². The molecule has 8 heteroatoms. The second kappa shape index (κ2) is 10.4. The van der Waals surface area contributed by atoms with E-state index in [-0.39, 0.29) is 30.3 Å². The van der Waals surface area contributed by atoms with E-state index in [1.807, 2.05) is 24.3 Å². The number of hydrogen-bond donors (Lipinski definition) is 3. The molecular formula is C20H24Cl2N4O2. The summed E-state index contributed by atoms with van der Waals surface area (Å²) in [7, 11) is 0. The average Bonchev–Trinajstić information content (AvgIpc) is 2.63. The van der Waals surface area contributed by atoms with Gasteiger partial charge in [-0.1, -0.05) is 23.7 Å². The monoisotopic (exact) mass is 422 g/mol. The van der Waals surface area contributed by atoms with Gasteiger partial charge in [-0.05, 0) is 42.0 Å². The van der Waals surface area contributed by atoms with Crippen LogP contribution in [0.1, 0.15) is 18.5 Å². The van der Waals surface area contributed by atoms with Crippen LogP contribution in [-0.4, -0.2) is 42.9 Å². The maximum absolute atomic E-state index is 12.5. The van der Waals surface area contributed by atoms with Gasteiger partial charge in [-0.25, -0.2) is 0 Å². The van der Waals surface area contributed by atoms with E-state index in [1.165, 1.54) is 6.92 Å². The third-order valence-electron chi connectivity index (χ3n) is 4.42. The molecule has 2 aromatic carbocycles. The van der Waals surface area contributed by atoms with Crippen LogP contribution in [0, 0.1) is 0 Å². The van der Waals surface area contributed by atoms with Crippen molar-refractivity contribution in [1.82, 2.24) is 10.2 Å². The standard InChI is InChI=1S/C20H23ClN4O2.ClH/c1-14(26)23-17-5-7-18(8-6-17)24-20(27)13-25-10-9-22-12-19(25)15-3-2-4-16(21)11-15;/h2-8,11,19,22H,9-10,12-13H2,1H3,(H,23,26)(H,24,27);1H. The Morgan fingerprint density at radius 3 is 2.46 bits per heavy atom. The molecule has 6 nitrogen and oxygen atoms in total. The predicted octanol–water partition coefficient (Wildman–Crippen LogP) is 3.31. The Balaban J connectivity index is 0.00000280. The van der Waals surface area contributed by atoms with Crippen LogP contribution in [0.15, 0.2) is 48.5 Å². The smallest absolute Gasteiger partial charge is 0.238 e. The summed E-state index contributed by atoms with van der Waals surface area (Å²) in [5, 5.41) is 9.69. The zero-order valence-corrected chi connectivity index (χ0v) is 17.1. The summed E-state index contributed by atoms with van der Waals surface area (Å²) < 4.78 is 0. The minimum atomic E-state index is -0.127. The number of rotatable bonds is 5. The third kappa shape index (κ3) is 6.21. The van der Waals surface area contributed by atoms with Gasteiger partial charge in [0.2, 0.25) is 11.8 Å². The molecule has 0 radical (unpaired) electrons. The number of nitrogens with zero attached hydrogens (tertiary/aromatic N) is 1. The highest BCUT2D eigenvalue weighted by molar-refractivity contribution is 6.30. The first-order chi connectivity index (χ1) is 13.0. The molecule has 2 amide bonds. The first kappa shape index (κ1) is 22.2. The summed E-state index contributed by atoms with van der Waals surface area (Å²) in [4.78, 5) is 25.7. The first-order valence-corrected chi connectivity index (χ1v) is 9.27. The van der Waals surface area contributed by atoms with Crippen LogP contribution in [0.5, 0.6) is 0 Å². The number of carbonyl (C=O) groups is 2. The quantitative estimate of drug-likeness (QED) is 0.690. The minimum absolute atomic E-state index is 0. The molecule has 150 valence electrons. The number of piperazine rings is 1. The molecule has 0 saturated carbocycles. The average molecular weight is 423 g/mol. The Morgan fingerprint density at radius 2 is 1.82 bits per heavy atom. The first-order valence-electron chi connectivity index (χ1n) is 8.89. The summed E-state index contributed by atoms with van der Waals surface area (Å²) in [6.45, 7) is 4.16. The number of halogens is 2. The fourth-order valence-corrected chi connectivity index (χ4v) is 3.40. The van der Waals surface area contributed by atoms with Gasteiger partial charge in [0.1, 0.15) is 0 Å². The largest absolute Gasteiger partial charge is 0.326 e. The van der Waals surface area contributed by atoms with Gasteiger partial charge in [0.05, 0.1) is 6.54 Å². The summed E-state index contributed by atoms with van der Waals surface area (Å²) in [6.07, 6.45) is 0. The van der Waals surface area contributed by atoms with Crippen molar-refractivity contribution in [3.8, 4) is 0 Å². The van der Waals surface area contributed by atoms with Gasteiger partial charge in [0, 0.05) is 49.0 Å². The molecule has 1 atom stereocenters. The molecule has 2 aromatic rings. The maximum atomic E-state index is 12.5. The topological polar surface area (TPSA) is 73.5 Å². The minimum Gasteiger partial charge on any atom is -0.326 e. The van der Waals surface area contributed by atoms with Gasteiger partial charge >= 0.3 is 0 Å². The highest BCUT2D eigenvalue weighted by atomic mass is 35.5. The Hall–Kier alpha value is -2.12. The van der Waals surface area contributed by atoms with Crippen molar-refractivity contribution in [3.05, 3.63) is 59.1 Å². The van der Waals surface area contributed by atoms with E-state index in [0.717, 1.165) is 25.2 Å². The zero-order chi connectivity index (χ0) is 19.2. The van der Waals surface area contributed by atoms with Gasteiger partial charge in [-0.3, -0.25) is 14.5 Å². The van der Waals surface area contributed by atoms with E-state index in [2.05, 4.69) is 20.9 Å². The van der Waals surface area contributed by atoms with Crippen LogP contribution in [0.4, 0.5) is 11.4 Å². The molecule has 28 heavy (non-hydrogen) atoms. The van der Waals surface area contributed by atoms with Gasteiger partial charge in [0.15, 0.2) is 0 Å². The molecule has 1 aliphatic rings. The summed E-state index contributed by atoms with van der Waals surface area (Å²) in [6, 6.07) is 14.9. The molecule has 0 aromatic heterocycles. The molecule has 0 spiro atoms. The van der Waals surface area contributed by atoms with Gasteiger partial charge < -0.3 is 16.0 Å². The highest BCUT2D eigenvalue weighted by Gasteiger charge is 2.25.